The molecule has 1 aliphatic rings. The molecule has 0 N–H and O–H groups in total. The van der Waals surface area contributed by atoms with Crippen LogP contribution >= 0.6 is 15.9 Å². The third-order valence-electron chi connectivity index (χ3n) is 3.54. The number of hydrogen-bond acceptors (Lipinski definition) is 4. The fourth-order valence-corrected chi connectivity index (χ4v) is 3.13. The summed E-state index contributed by atoms with van der Waals surface area (Å²) in [6, 6.07) is 4.02. The zero-order chi connectivity index (χ0) is 13.9. The van der Waals surface area contributed by atoms with Gasteiger partial charge in [-0.15, -0.1) is 0 Å². The number of aromatic nitrogens is 2. The Balaban J connectivity index is 1.71. The third kappa shape index (κ3) is 2.65. The number of pyridine rings is 1. The zero-order valence-corrected chi connectivity index (χ0v) is 12.6. The van der Waals surface area contributed by atoms with Gasteiger partial charge in [0.1, 0.15) is 18.4 Å². The Morgan fingerprint density at radius 1 is 1.40 bits per heavy atom. The SMILES string of the molecule is N#Cc1cnn2cc(OCCN3CCCC3)cc(Br)c12. The minimum Gasteiger partial charge on any atom is -0.491 e. The summed E-state index contributed by atoms with van der Waals surface area (Å²) in [5.74, 6) is 0.760. The Labute approximate surface area is 125 Å². The van der Waals surface area contributed by atoms with Gasteiger partial charge < -0.3 is 4.74 Å². The van der Waals surface area contributed by atoms with E-state index < -0.39 is 0 Å². The monoisotopic (exact) mass is 334 g/mol. The molecule has 1 aliphatic heterocycles. The van der Waals surface area contributed by atoms with Gasteiger partial charge in [0.05, 0.1) is 23.5 Å². The van der Waals surface area contributed by atoms with Crippen LogP contribution < -0.4 is 4.74 Å². The van der Waals surface area contributed by atoms with Gasteiger partial charge in [0.2, 0.25) is 0 Å². The first-order valence-corrected chi connectivity index (χ1v) is 7.49. The number of halogens is 1. The molecule has 0 aliphatic carbocycles. The molecule has 1 fully saturated rings. The highest BCUT2D eigenvalue weighted by Crippen LogP contribution is 2.26. The molecule has 0 radical (unpaired) electrons. The predicted molar refractivity (Wildman–Crippen MR) is 78.8 cm³/mol. The maximum Gasteiger partial charge on any atom is 0.138 e. The van der Waals surface area contributed by atoms with Crippen molar-refractivity contribution in [2.24, 2.45) is 0 Å². The van der Waals surface area contributed by atoms with Crippen LogP contribution in [0.25, 0.3) is 5.52 Å². The summed E-state index contributed by atoms with van der Waals surface area (Å²) < 4.78 is 8.28. The molecular weight excluding hydrogens is 320 g/mol. The standard InChI is InChI=1S/C14H15BrN4O/c15-13-7-12(20-6-5-18-3-1-2-4-18)10-19-14(13)11(8-16)9-17-19/h7,9-10H,1-6H2. The fourth-order valence-electron chi connectivity index (χ4n) is 2.51. The largest absolute Gasteiger partial charge is 0.491 e. The van der Waals surface area contributed by atoms with Crippen molar-refractivity contribution in [2.75, 3.05) is 26.2 Å². The van der Waals surface area contributed by atoms with Gasteiger partial charge in [-0.05, 0) is 47.9 Å². The van der Waals surface area contributed by atoms with Gasteiger partial charge >= 0.3 is 0 Å². The van der Waals surface area contributed by atoms with Crippen molar-refractivity contribution >= 4 is 21.4 Å². The van der Waals surface area contributed by atoms with E-state index in [-0.39, 0.29) is 0 Å². The normalized spacial score (nSPS) is 15.6. The number of nitriles is 1. The van der Waals surface area contributed by atoms with Crippen LogP contribution in [0.5, 0.6) is 5.75 Å². The molecule has 1 saturated heterocycles. The van der Waals surface area contributed by atoms with Crippen LogP contribution in [-0.2, 0) is 0 Å². The topological polar surface area (TPSA) is 53.6 Å². The van der Waals surface area contributed by atoms with Gasteiger partial charge in [-0.1, -0.05) is 0 Å². The van der Waals surface area contributed by atoms with E-state index in [2.05, 4.69) is 32.0 Å². The molecule has 0 spiro atoms. The predicted octanol–water partition coefficient (Wildman–Crippen LogP) is 2.44. The number of ether oxygens (including phenoxy) is 1. The van der Waals surface area contributed by atoms with Gasteiger partial charge in [-0.2, -0.15) is 10.4 Å². The van der Waals surface area contributed by atoms with Crippen LogP contribution in [0.2, 0.25) is 0 Å². The molecule has 0 saturated carbocycles. The molecule has 20 heavy (non-hydrogen) atoms. The molecule has 0 atom stereocenters. The highest BCUT2D eigenvalue weighted by molar-refractivity contribution is 9.10. The Morgan fingerprint density at radius 2 is 2.20 bits per heavy atom. The lowest BCUT2D eigenvalue weighted by atomic mass is 10.3. The minimum absolute atomic E-state index is 0.556. The molecular formula is C14H15BrN4O. The summed E-state index contributed by atoms with van der Waals surface area (Å²) in [5.41, 5.74) is 1.33. The Bertz CT molecular complexity index is 655. The van der Waals surface area contributed by atoms with Gasteiger partial charge in [0.15, 0.2) is 0 Å². The number of fused-ring (bicyclic) bond motifs is 1. The molecule has 3 rings (SSSR count). The van der Waals surface area contributed by atoms with Crippen LogP contribution in [0.15, 0.2) is 22.9 Å². The molecule has 2 aromatic rings. The summed E-state index contributed by atoms with van der Waals surface area (Å²) in [6.45, 7) is 3.98. The maximum absolute atomic E-state index is 9.02. The number of likely N-dealkylation sites (tertiary alicyclic amines) is 1. The second-order valence-electron chi connectivity index (χ2n) is 4.88. The lowest BCUT2D eigenvalue weighted by molar-refractivity contribution is 0.237. The quantitative estimate of drug-likeness (QED) is 0.861. The Kier molecular flexibility index (Phi) is 3.90. The maximum atomic E-state index is 9.02. The lowest BCUT2D eigenvalue weighted by Crippen LogP contribution is -2.25. The van der Waals surface area contributed by atoms with E-state index >= 15 is 0 Å². The summed E-state index contributed by atoms with van der Waals surface area (Å²) in [5, 5.41) is 13.2. The minimum atomic E-state index is 0.556. The van der Waals surface area contributed by atoms with Gasteiger partial charge in [0, 0.05) is 11.0 Å². The van der Waals surface area contributed by atoms with Crippen LogP contribution in [0.3, 0.4) is 0 Å². The smallest absolute Gasteiger partial charge is 0.138 e. The summed E-state index contributed by atoms with van der Waals surface area (Å²) in [4.78, 5) is 2.41. The molecule has 5 nitrogen and oxygen atoms in total. The zero-order valence-electron chi connectivity index (χ0n) is 11.0. The molecule has 0 aromatic carbocycles. The first kappa shape index (κ1) is 13.4. The second kappa shape index (κ2) is 5.81. The molecule has 3 heterocycles. The Hall–Kier alpha value is -1.58. The summed E-state index contributed by atoms with van der Waals surface area (Å²) >= 11 is 3.47. The lowest BCUT2D eigenvalue weighted by Gasteiger charge is -2.15. The van der Waals surface area contributed by atoms with Crippen LogP contribution in [0.4, 0.5) is 0 Å². The van der Waals surface area contributed by atoms with Crippen molar-refractivity contribution in [3.8, 4) is 11.8 Å². The first-order chi connectivity index (χ1) is 9.78. The van der Waals surface area contributed by atoms with E-state index in [9.17, 15) is 0 Å². The first-order valence-electron chi connectivity index (χ1n) is 6.70. The average molecular weight is 335 g/mol. The molecule has 0 amide bonds. The number of hydrogen-bond donors (Lipinski definition) is 0. The van der Waals surface area contributed by atoms with Crippen LogP contribution in [0, 0.1) is 11.3 Å². The van der Waals surface area contributed by atoms with Gasteiger partial charge in [-0.25, -0.2) is 4.52 Å². The second-order valence-corrected chi connectivity index (χ2v) is 5.74. The third-order valence-corrected chi connectivity index (χ3v) is 4.14. The summed E-state index contributed by atoms with van der Waals surface area (Å²) in [6.07, 6.45) is 5.96. The average Bonchev–Trinajstić information content (AvgIpc) is 3.07. The van der Waals surface area contributed by atoms with E-state index in [1.54, 1.807) is 10.7 Å². The van der Waals surface area contributed by atoms with E-state index in [1.807, 2.05) is 12.3 Å². The van der Waals surface area contributed by atoms with E-state index in [0.717, 1.165) is 22.3 Å². The van der Waals surface area contributed by atoms with Crippen molar-refractivity contribution in [1.29, 1.82) is 5.26 Å². The van der Waals surface area contributed by atoms with E-state index in [4.69, 9.17) is 10.00 Å². The highest BCUT2D eigenvalue weighted by Gasteiger charge is 2.12. The molecule has 2 aromatic heterocycles. The van der Waals surface area contributed by atoms with Crippen molar-refractivity contribution < 1.29 is 4.74 Å². The van der Waals surface area contributed by atoms with Crippen molar-refractivity contribution in [2.45, 2.75) is 12.8 Å². The molecule has 104 valence electrons. The Morgan fingerprint density at radius 3 is 2.95 bits per heavy atom. The molecule has 6 heteroatoms. The fraction of sp³-hybridized carbons (Fsp3) is 0.429. The van der Waals surface area contributed by atoms with Crippen molar-refractivity contribution in [1.82, 2.24) is 14.5 Å². The van der Waals surface area contributed by atoms with Gasteiger partial charge in [0.25, 0.3) is 0 Å². The molecule has 0 unspecified atom stereocenters. The van der Waals surface area contributed by atoms with Crippen molar-refractivity contribution in [3.63, 3.8) is 0 Å². The van der Waals surface area contributed by atoms with Crippen LogP contribution in [-0.4, -0.2) is 40.8 Å². The molecule has 0 bridgehead atoms. The number of rotatable bonds is 4. The number of nitrogens with zero attached hydrogens (tertiary/aromatic N) is 4. The van der Waals surface area contributed by atoms with E-state index in [1.165, 1.54) is 25.9 Å². The van der Waals surface area contributed by atoms with Crippen LogP contribution in [0.1, 0.15) is 18.4 Å². The van der Waals surface area contributed by atoms with Gasteiger partial charge in [-0.3, -0.25) is 4.90 Å². The van der Waals surface area contributed by atoms with E-state index in [0.29, 0.717) is 12.2 Å². The highest BCUT2D eigenvalue weighted by atomic mass is 79.9. The van der Waals surface area contributed by atoms with Crippen molar-refractivity contribution in [3.05, 3.63) is 28.5 Å². The summed E-state index contributed by atoms with van der Waals surface area (Å²) in [7, 11) is 0.